The van der Waals surface area contributed by atoms with Crippen molar-refractivity contribution in [1.82, 2.24) is 15.5 Å². The van der Waals surface area contributed by atoms with Crippen molar-refractivity contribution >= 4 is 35.8 Å². The van der Waals surface area contributed by atoms with Crippen LogP contribution in [-0.2, 0) is 6.42 Å². The number of rotatable bonds is 9. The smallest absolute Gasteiger partial charge is 0.251 e. The Hall–Kier alpha value is -2.49. The highest BCUT2D eigenvalue weighted by Crippen LogP contribution is 2.16. The molecule has 0 radical (unpaired) electrons. The predicted octanol–water partition coefficient (Wildman–Crippen LogP) is 2.80. The number of aliphatic imine (C=N–C) groups is 1. The number of nitrogens with one attached hydrogen (secondary N) is 2. The molecule has 2 aromatic rings. The zero-order valence-electron chi connectivity index (χ0n) is 18.0. The van der Waals surface area contributed by atoms with E-state index in [1.54, 1.807) is 21.2 Å². The van der Waals surface area contributed by atoms with Crippen LogP contribution in [0.15, 0.2) is 53.5 Å². The molecule has 0 atom stereocenters. The number of halogens is 1. The molecule has 0 saturated heterocycles. The van der Waals surface area contributed by atoms with Gasteiger partial charge in [0.05, 0.1) is 13.7 Å². The number of likely N-dealkylation sites (N-methyl/N-ethyl adjacent to an activating group) is 1. The molecule has 0 aliphatic heterocycles. The minimum atomic E-state index is -0.0767. The fourth-order valence-corrected chi connectivity index (χ4v) is 2.79. The molecule has 1 amide bonds. The molecule has 0 unspecified atom stereocenters. The normalized spacial score (nSPS) is 10.6. The monoisotopic (exact) mass is 526 g/mol. The standard InChI is InChI=1S/C22H30N4O3.HI/c1-23-21(27)18-7-5-6-17(16-18)12-13-25-22(24-2)26(3)14-15-29-20-10-8-19(28-4)9-11-20;/h5-11,16H,12-15H2,1-4H3,(H,23,27)(H,24,25);1H. The van der Waals surface area contributed by atoms with Gasteiger partial charge in [0.2, 0.25) is 0 Å². The third kappa shape index (κ3) is 8.10. The van der Waals surface area contributed by atoms with E-state index >= 15 is 0 Å². The predicted molar refractivity (Wildman–Crippen MR) is 131 cm³/mol. The van der Waals surface area contributed by atoms with Crippen molar-refractivity contribution < 1.29 is 14.3 Å². The Morgan fingerprint density at radius 2 is 1.83 bits per heavy atom. The van der Waals surface area contributed by atoms with Crippen molar-refractivity contribution in [2.24, 2.45) is 4.99 Å². The van der Waals surface area contributed by atoms with Crippen LogP contribution in [0.25, 0.3) is 0 Å². The lowest BCUT2D eigenvalue weighted by molar-refractivity contribution is 0.0963. The highest BCUT2D eigenvalue weighted by molar-refractivity contribution is 14.0. The maximum absolute atomic E-state index is 11.7. The van der Waals surface area contributed by atoms with Gasteiger partial charge < -0.3 is 25.0 Å². The summed E-state index contributed by atoms with van der Waals surface area (Å²) in [6.45, 7) is 1.95. The molecule has 2 N–H and O–H groups in total. The van der Waals surface area contributed by atoms with Gasteiger partial charge in [0.25, 0.3) is 5.91 Å². The van der Waals surface area contributed by atoms with Gasteiger partial charge in [-0.15, -0.1) is 24.0 Å². The van der Waals surface area contributed by atoms with Crippen LogP contribution in [0.3, 0.4) is 0 Å². The number of benzene rings is 2. The largest absolute Gasteiger partial charge is 0.497 e. The Bertz CT molecular complexity index is 812. The third-order valence-corrected chi connectivity index (χ3v) is 4.44. The summed E-state index contributed by atoms with van der Waals surface area (Å²) >= 11 is 0. The van der Waals surface area contributed by atoms with Crippen molar-refractivity contribution in [2.45, 2.75) is 6.42 Å². The van der Waals surface area contributed by atoms with Gasteiger partial charge in [-0.05, 0) is 48.4 Å². The number of amides is 1. The number of hydrogen-bond donors (Lipinski definition) is 2. The number of ether oxygens (including phenoxy) is 2. The van der Waals surface area contributed by atoms with Crippen molar-refractivity contribution in [3.63, 3.8) is 0 Å². The third-order valence-electron chi connectivity index (χ3n) is 4.44. The van der Waals surface area contributed by atoms with Crippen LogP contribution >= 0.6 is 24.0 Å². The number of carbonyl (C=O) groups is 1. The number of hydrogen-bond acceptors (Lipinski definition) is 4. The van der Waals surface area contributed by atoms with E-state index in [0.717, 1.165) is 29.4 Å². The molecule has 0 heterocycles. The number of guanidine groups is 1. The quantitative estimate of drug-likeness (QED) is 0.299. The van der Waals surface area contributed by atoms with Gasteiger partial charge in [0.15, 0.2) is 5.96 Å². The SMILES string of the molecule is CN=C(NCCc1cccc(C(=O)NC)c1)N(C)CCOc1ccc(OC)cc1.I. The molecule has 164 valence electrons. The lowest BCUT2D eigenvalue weighted by Gasteiger charge is -2.22. The molecular formula is C22H31IN4O3. The summed E-state index contributed by atoms with van der Waals surface area (Å²) in [4.78, 5) is 18.1. The lowest BCUT2D eigenvalue weighted by Crippen LogP contribution is -2.41. The number of carbonyl (C=O) groups excluding carboxylic acids is 1. The Morgan fingerprint density at radius 1 is 1.13 bits per heavy atom. The zero-order valence-corrected chi connectivity index (χ0v) is 20.3. The first-order valence-electron chi connectivity index (χ1n) is 9.57. The van der Waals surface area contributed by atoms with E-state index in [9.17, 15) is 4.79 Å². The molecule has 2 rings (SSSR count). The van der Waals surface area contributed by atoms with Gasteiger partial charge in [0, 0.05) is 33.3 Å². The van der Waals surface area contributed by atoms with Crippen molar-refractivity contribution in [2.75, 3.05) is 47.9 Å². The first kappa shape index (κ1) is 25.5. The van der Waals surface area contributed by atoms with E-state index in [-0.39, 0.29) is 29.9 Å². The summed E-state index contributed by atoms with van der Waals surface area (Å²) in [7, 11) is 7.01. The maximum Gasteiger partial charge on any atom is 0.251 e. The highest BCUT2D eigenvalue weighted by Gasteiger charge is 2.07. The second kappa shape index (κ2) is 13.7. The average Bonchev–Trinajstić information content (AvgIpc) is 2.76. The fraction of sp³-hybridized carbons (Fsp3) is 0.364. The lowest BCUT2D eigenvalue weighted by atomic mass is 10.1. The molecule has 2 aromatic carbocycles. The fourth-order valence-electron chi connectivity index (χ4n) is 2.79. The van der Waals surface area contributed by atoms with E-state index in [0.29, 0.717) is 25.3 Å². The van der Waals surface area contributed by atoms with Crippen molar-refractivity contribution in [1.29, 1.82) is 0 Å². The minimum Gasteiger partial charge on any atom is -0.497 e. The van der Waals surface area contributed by atoms with E-state index in [4.69, 9.17) is 9.47 Å². The molecule has 7 nitrogen and oxygen atoms in total. The molecule has 0 aliphatic rings. The molecule has 0 spiro atoms. The van der Waals surface area contributed by atoms with E-state index in [2.05, 4.69) is 15.6 Å². The molecule has 8 heteroatoms. The van der Waals surface area contributed by atoms with Crippen LogP contribution in [0.4, 0.5) is 0 Å². The van der Waals surface area contributed by atoms with Crippen LogP contribution in [0, 0.1) is 0 Å². The van der Waals surface area contributed by atoms with Crippen LogP contribution in [0.2, 0.25) is 0 Å². The minimum absolute atomic E-state index is 0. The zero-order chi connectivity index (χ0) is 21.1. The number of methoxy groups -OCH3 is 1. The van der Waals surface area contributed by atoms with Gasteiger partial charge in [0.1, 0.15) is 18.1 Å². The van der Waals surface area contributed by atoms with Crippen LogP contribution < -0.4 is 20.1 Å². The summed E-state index contributed by atoms with van der Waals surface area (Å²) in [6.07, 6.45) is 0.792. The molecule has 0 saturated carbocycles. The van der Waals surface area contributed by atoms with Gasteiger partial charge in [-0.25, -0.2) is 0 Å². The van der Waals surface area contributed by atoms with E-state index in [1.807, 2.05) is 60.5 Å². The summed E-state index contributed by atoms with van der Waals surface area (Å²) in [6, 6.07) is 15.2. The van der Waals surface area contributed by atoms with Gasteiger partial charge in [-0.2, -0.15) is 0 Å². The summed E-state index contributed by atoms with van der Waals surface area (Å²) < 4.78 is 10.9. The highest BCUT2D eigenvalue weighted by atomic mass is 127. The summed E-state index contributed by atoms with van der Waals surface area (Å²) in [5.74, 6) is 2.33. The van der Waals surface area contributed by atoms with Crippen LogP contribution in [-0.4, -0.2) is 64.7 Å². The van der Waals surface area contributed by atoms with Crippen LogP contribution in [0.1, 0.15) is 15.9 Å². The Balaban J connectivity index is 0.00000450. The van der Waals surface area contributed by atoms with Crippen molar-refractivity contribution in [3.05, 3.63) is 59.7 Å². The van der Waals surface area contributed by atoms with Gasteiger partial charge >= 0.3 is 0 Å². The second-order valence-corrected chi connectivity index (χ2v) is 6.45. The molecule has 0 fully saturated rings. The summed E-state index contributed by atoms with van der Waals surface area (Å²) in [5.41, 5.74) is 1.77. The topological polar surface area (TPSA) is 75.2 Å². The first-order valence-corrected chi connectivity index (χ1v) is 9.57. The Labute approximate surface area is 195 Å². The molecule has 0 aromatic heterocycles. The first-order chi connectivity index (χ1) is 14.1. The second-order valence-electron chi connectivity index (χ2n) is 6.45. The van der Waals surface area contributed by atoms with E-state index in [1.165, 1.54) is 0 Å². The van der Waals surface area contributed by atoms with Gasteiger partial charge in [-0.3, -0.25) is 9.79 Å². The number of nitrogens with zero attached hydrogens (tertiary/aromatic N) is 2. The molecule has 30 heavy (non-hydrogen) atoms. The Morgan fingerprint density at radius 3 is 2.47 bits per heavy atom. The van der Waals surface area contributed by atoms with Crippen molar-refractivity contribution in [3.8, 4) is 11.5 Å². The van der Waals surface area contributed by atoms with E-state index < -0.39 is 0 Å². The maximum atomic E-state index is 11.7. The molecule has 0 bridgehead atoms. The molecule has 0 aliphatic carbocycles. The van der Waals surface area contributed by atoms with Gasteiger partial charge in [-0.1, -0.05) is 12.1 Å². The summed E-state index contributed by atoms with van der Waals surface area (Å²) in [5, 5.41) is 5.99. The molecular weight excluding hydrogens is 495 g/mol. The van der Waals surface area contributed by atoms with Crippen LogP contribution in [0.5, 0.6) is 11.5 Å². The Kier molecular flexibility index (Phi) is 11.7. The average molecular weight is 526 g/mol.